The summed E-state index contributed by atoms with van der Waals surface area (Å²) < 4.78 is 32.3. The van der Waals surface area contributed by atoms with E-state index in [2.05, 4.69) is 24.4 Å². The maximum Gasteiger partial charge on any atom is 0.243 e. The van der Waals surface area contributed by atoms with Gasteiger partial charge in [0, 0.05) is 19.0 Å². The van der Waals surface area contributed by atoms with Crippen LogP contribution in [0.2, 0.25) is 0 Å². The third kappa shape index (κ3) is 5.02. The Hall–Kier alpha value is -2.38. The number of hydrogen-bond acceptors (Lipinski definition) is 4. The predicted octanol–water partition coefficient (Wildman–Crippen LogP) is 3.54. The summed E-state index contributed by atoms with van der Waals surface area (Å²) in [6.07, 6.45) is 2.02. The standard InChI is InChI=1S/C23H30N2O4S/c1-4-18-5-7-19(8-6-18)17(2)24-23(26)20-13-15-25(16-14-20)30(27,28)22-11-9-21(29-3)10-12-22/h5-12,17,20H,4,13-16H2,1-3H3,(H,24,26). The second-order valence-corrected chi connectivity index (χ2v) is 9.62. The molecule has 0 aliphatic carbocycles. The largest absolute Gasteiger partial charge is 0.497 e. The van der Waals surface area contributed by atoms with Crippen LogP contribution < -0.4 is 10.1 Å². The minimum Gasteiger partial charge on any atom is -0.497 e. The number of amides is 1. The zero-order valence-corrected chi connectivity index (χ0v) is 18.6. The summed E-state index contributed by atoms with van der Waals surface area (Å²) in [4.78, 5) is 13.0. The van der Waals surface area contributed by atoms with Crippen molar-refractivity contribution in [3.8, 4) is 5.75 Å². The molecule has 1 aliphatic rings. The Morgan fingerprint density at radius 3 is 2.23 bits per heavy atom. The lowest BCUT2D eigenvalue weighted by molar-refractivity contribution is -0.126. The number of carbonyl (C=O) groups excluding carboxylic acids is 1. The average molecular weight is 431 g/mol. The van der Waals surface area contributed by atoms with E-state index in [0.29, 0.717) is 31.7 Å². The van der Waals surface area contributed by atoms with Crippen LogP contribution in [0.25, 0.3) is 0 Å². The van der Waals surface area contributed by atoms with Crippen LogP contribution in [0.1, 0.15) is 43.9 Å². The quantitative estimate of drug-likeness (QED) is 0.729. The first-order valence-corrected chi connectivity index (χ1v) is 11.8. The first-order chi connectivity index (χ1) is 14.3. The van der Waals surface area contributed by atoms with Gasteiger partial charge in [-0.25, -0.2) is 8.42 Å². The molecule has 6 nitrogen and oxygen atoms in total. The van der Waals surface area contributed by atoms with Gasteiger partial charge in [0.2, 0.25) is 15.9 Å². The smallest absolute Gasteiger partial charge is 0.243 e. The number of aryl methyl sites for hydroxylation is 1. The highest BCUT2D eigenvalue weighted by molar-refractivity contribution is 7.89. The number of methoxy groups -OCH3 is 1. The van der Waals surface area contributed by atoms with Gasteiger partial charge < -0.3 is 10.1 Å². The number of nitrogens with zero attached hydrogens (tertiary/aromatic N) is 1. The van der Waals surface area contributed by atoms with Gasteiger partial charge in [-0.2, -0.15) is 4.31 Å². The fraction of sp³-hybridized carbons (Fsp3) is 0.435. The molecular formula is C23H30N2O4S. The van der Waals surface area contributed by atoms with Gasteiger partial charge in [0.05, 0.1) is 18.0 Å². The summed E-state index contributed by atoms with van der Waals surface area (Å²) >= 11 is 0. The Bertz CT molecular complexity index is 948. The fourth-order valence-corrected chi connectivity index (χ4v) is 5.18. The summed E-state index contributed by atoms with van der Waals surface area (Å²) in [6.45, 7) is 4.77. The maximum absolute atomic E-state index is 12.9. The number of piperidine rings is 1. The average Bonchev–Trinajstić information content (AvgIpc) is 2.79. The lowest BCUT2D eigenvalue weighted by Crippen LogP contribution is -2.43. The van der Waals surface area contributed by atoms with Crippen molar-refractivity contribution in [2.75, 3.05) is 20.2 Å². The Balaban J connectivity index is 1.56. The normalized spacial score (nSPS) is 16.8. The maximum atomic E-state index is 12.9. The number of rotatable bonds is 7. The van der Waals surface area contributed by atoms with E-state index in [-0.39, 0.29) is 22.8 Å². The second kappa shape index (κ2) is 9.62. The number of hydrogen-bond donors (Lipinski definition) is 1. The first kappa shape index (κ1) is 22.3. The van der Waals surface area contributed by atoms with E-state index in [1.54, 1.807) is 31.4 Å². The highest BCUT2D eigenvalue weighted by atomic mass is 32.2. The van der Waals surface area contributed by atoms with E-state index >= 15 is 0 Å². The first-order valence-electron chi connectivity index (χ1n) is 10.4. The van der Waals surface area contributed by atoms with Crippen molar-refractivity contribution in [2.45, 2.75) is 44.0 Å². The highest BCUT2D eigenvalue weighted by Crippen LogP contribution is 2.26. The Labute approximate surface area is 179 Å². The van der Waals surface area contributed by atoms with Crippen molar-refractivity contribution in [3.63, 3.8) is 0 Å². The van der Waals surface area contributed by atoms with Crippen LogP contribution in [-0.2, 0) is 21.2 Å². The van der Waals surface area contributed by atoms with Crippen LogP contribution in [0.4, 0.5) is 0 Å². The summed E-state index contributed by atoms with van der Waals surface area (Å²) in [5.74, 6) is 0.427. The molecule has 1 amide bonds. The zero-order chi connectivity index (χ0) is 21.7. The molecule has 3 rings (SSSR count). The number of ether oxygens (including phenoxy) is 1. The molecule has 0 aromatic heterocycles. The summed E-state index contributed by atoms with van der Waals surface area (Å²) in [5, 5.41) is 3.08. The predicted molar refractivity (Wildman–Crippen MR) is 117 cm³/mol. The molecule has 0 spiro atoms. The van der Waals surface area contributed by atoms with Gasteiger partial charge >= 0.3 is 0 Å². The molecule has 0 saturated carbocycles. The van der Waals surface area contributed by atoms with Crippen molar-refractivity contribution in [3.05, 3.63) is 59.7 Å². The second-order valence-electron chi connectivity index (χ2n) is 7.68. The lowest BCUT2D eigenvalue weighted by Gasteiger charge is -2.31. The monoisotopic (exact) mass is 430 g/mol. The van der Waals surface area contributed by atoms with Crippen molar-refractivity contribution < 1.29 is 17.9 Å². The van der Waals surface area contributed by atoms with E-state index in [9.17, 15) is 13.2 Å². The van der Waals surface area contributed by atoms with Crippen molar-refractivity contribution in [1.82, 2.24) is 9.62 Å². The molecule has 1 fully saturated rings. The van der Waals surface area contributed by atoms with Gasteiger partial charge in [0.1, 0.15) is 5.75 Å². The minimum atomic E-state index is -3.56. The molecule has 7 heteroatoms. The van der Waals surface area contributed by atoms with Crippen LogP contribution >= 0.6 is 0 Å². The molecule has 0 bridgehead atoms. The van der Waals surface area contributed by atoms with E-state index < -0.39 is 10.0 Å². The van der Waals surface area contributed by atoms with Gasteiger partial charge in [-0.15, -0.1) is 0 Å². The lowest BCUT2D eigenvalue weighted by atomic mass is 9.96. The Morgan fingerprint density at radius 1 is 1.10 bits per heavy atom. The minimum absolute atomic E-state index is 0.0106. The van der Waals surface area contributed by atoms with Crippen LogP contribution in [-0.4, -0.2) is 38.8 Å². The molecule has 1 atom stereocenters. The molecule has 2 aromatic carbocycles. The molecular weight excluding hydrogens is 400 g/mol. The number of sulfonamides is 1. The molecule has 1 saturated heterocycles. The van der Waals surface area contributed by atoms with E-state index in [1.807, 2.05) is 19.1 Å². The summed E-state index contributed by atoms with van der Waals surface area (Å²) in [6, 6.07) is 14.6. The van der Waals surface area contributed by atoms with Crippen LogP contribution in [0.5, 0.6) is 5.75 Å². The van der Waals surface area contributed by atoms with Gasteiger partial charge in [0.25, 0.3) is 0 Å². The molecule has 1 aliphatic heterocycles. The molecule has 30 heavy (non-hydrogen) atoms. The number of nitrogens with one attached hydrogen (secondary N) is 1. The molecule has 2 aromatic rings. The SMILES string of the molecule is CCc1ccc(C(C)NC(=O)C2CCN(S(=O)(=O)c3ccc(OC)cc3)CC2)cc1. The summed E-state index contributed by atoms with van der Waals surface area (Å²) in [7, 11) is -2.02. The van der Waals surface area contributed by atoms with E-state index in [0.717, 1.165) is 12.0 Å². The molecule has 1 N–H and O–H groups in total. The molecule has 0 radical (unpaired) electrons. The highest BCUT2D eigenvalue weighted by Gasteiger charge is 2.32. The molecule has 1 heterocycles. The van der Waals surface area contributed by atoms with Crippen molar-refractivity contribution in [2.24, 2.45) is 5.92 Å². The van der Waals surface area contributed by atoms with E-state index in [1.165, 1.54) is 9.87 Å². The van der Waals surface area contributed by atoms with Crippen LogP contribution in [0, 0.1) is 5.92 Å². The summed E-state index contributed by atoms with van der Waals surface area (Å²) in [5.41, 5.74) is 2.34. The topological polar surface area (TPSA) is 75.7 Å². The third-order valence-electron chi connectivity index (χ3n) is 5.77. The van der Waals surface area contributed by atoms with Gasteiger partial charge in [-0.3, -0.25) is 4.79 Å². The van der Waals surface area contributed by atoms with Gasteiger partial charge in [0.15, 0.2) is 0 Å². The number of carbonyl (C=O) groups is 1. The molecule has 162 valence electrons. The Morgan fingerprint density at radius 2 is 1.70 bits per heavy atom. The Kier molecular flexibility index (Phi) is 7.15. The van der Waals surface area contributed by atoms with Crippen molar-refractivity contribution >= 4 is 15.9 Å². The molecule has 1 unspecified atom stereocenters. The van der Waals surface area contributed by atoms with Gasteiger partial charge in [-0.1, -0.05) is 31.2 Å². The third-order valence-corrected chi connectivity index (χ3v) is 7.68. The van der Waals surface area contributed by atoms with E-state index in [4.69, 9.17) is 4.74 Å². The van der Waals surface area contributed by atoms with Crippen molar-refractivity contribution in [1.29, 1.82) is 0 Å². The van der Waals surface area contributed by atoms with Gasteiger partial charge in [-0.05, 0) is 61.6 Å². The van der Waals surface area contributed by atoms with Crippen LogP contribution in [0.15, 0.2) is 53.4 Å². The van der Waals surface area contributed by atoms with Crippen LogP contribution in [0.3, 0.4) is 0 Å². The fourth-order valence-electron chi connectivity index (χ4n) is 3.71. The number of benzene rings is 2. The zero-order valence-electron chi connectivity index (χ0n) is 17.8.